The van der Waals surface area contributed by atoms with Crippen LogP contribution in [0, 0.1) is 11.7 Å². The van der Waals surface area contributed by atoms with Crippen molar-refractivity contribution in [2.45, 2.75) is 58.4 Å². The normalized spacial score (nSPS) is 19.5. The van der Waals surface area contributed by atoms with Crippen molar-refractivity contribution < 1.29 is 9.18 Å². The van der Waals surface area contributed by atoms with Crippen molar-refractivity contribution in [3.8, 4) is 0 Å². The zero-order valence-electron chi connectivity index (χ0n) is 20.9. The number of nitrogens with zero attached hydrogens (tertiary/aromatic N) is 3. The van der Waals surface area contributed by atoms with Gasteiger partial charge in [0.2, 0.25) is 5.91 Å². The van der Waals surface area contributed by atoms with Gasteiger partial charge in [0.1, 0.15) is 5.82 Å². The summed E-state index contributed by atoms with van der Waals surface area (Å²) in [5.74, 6) is 0.777. The Labute approximate surface area is 204 Å². The number of hydrogen-bond donors (Lipinski definition) is 0. The first-order valence-corrected chi connectivity index (χ1v) is 13.1. The van der Waals surface area contributed by atoms with E-state index in [0.29, 0.717) is 0 Å². The van der Waals surface area contributed by atoms with Gasteiger partial charge in [0, 0.05) is 51.4 Å². The average molecular weight is 466 g/mol. The van der Waals surface area contributed by atoms with E-state index in [4.69, 9.17) is 0 Å². The van der Waals surface area contributed by atoms with Crippen molar-refractivity contribution in [2.24, 2.45) is 5.92 Å². The first-order chi connectivity index (χ1) is 16.5. The number of amides is 1. The monoisotopic (exact) mass is 465 g/mol. The van der Waals surface area contributed by atoms with Crippen molar-refractivity contribution in [1.29, 1.82) is 0 Å². The van der Waals surface area contributed by atoms with Crippen LogP contribution in [0.2, 0.25) is 0 Å². The Morgan fingerprint density at radius 2 is 1.65 bits per heavy atom. The van der Waals surface area contributed by atoms with E-state index < -0.39 is 0 Å². The van der Waals surface area contributed by atoms with Gasteiger partial charge in [0.25, 0.3) is 0 Å². The molecular weight excluding hydrogens is 425 g/mol. The molecule has 0 unspecified atom stereocenters. The Morgan fingerprint density at radius 1 is 0.941 bits per heavy atom. The lowest BCUT2D eigenvalue weighted by molar-refractivity contribution is -0.130. The van der Waals surface area contributed by atoms with Crippen LogP contribution in [0.25, 0.3) is 0 Å². The molecule has 2 aromatic rings. The van der Waals surface area contributed by atoms with E-state index in [9.17, 15) is 9.18 Å². The fourth-order valence-electron chi connectivity index (χ4n) is 5.70. The highest BCUT2D eigenvalue weighted by molar-refractivity contribution is 5.73. The number of benzene rings is 2. The molecule has 0 aromatic heterocycles. The Hall–Kier alpha value is -2.40. The molecule has 0 saturated carbocycles. The number of likely N-dealkylation sites (tertiary alicyclic amines) is 2. The Morgan fingerprint density at radius 3 is 2.24 bits per heavy atom. The van der Waals surface area contributed by atoms with E-state index in [1.807, 2.05) is 4.90 Å². The van der Waals surface area contributed by atoms with E-state index in [0.717, 1.165) is 37.9 Å². The number of carbonyl (C=O) groups excluding carboxylic acids is 1. The fourth-order valence-corrected chi connectivity index (χ4v) is 5.70. The number of rotatable bonds is 4. The predicted molar refractivity (Wildman–Crippen MR) is 138 cm³/mol. The van der Waals surface area contributed by atoms with E-state index in [1.54, 1.807) is 30.7 Å². The van der Waals surface area contributed by atoms with Crippen LogP contribution in [0.5, 0.6) is 0 Å². The molecule has 5 heteroatoms. The molecule has 0 radical (unpaired) electrons. The summed E-state index contributed by atoms with van der Waals surface area (Å²) in [5.41, 5.74) is 4.56. The summed E-state index contributed by atoms with van der Waals surface area (Å²) in [6.07, 6.45) is 7.29. The van der Waals surface area contributed by atoms with Gasteiger partial charge in [-0.2, -0.15) is 0 Å². The van der Waals surface area contributed by atoms with Gasteiger partial charge in [0.15, 0.2) is 0 Å². The van der Waals surface area contributed by atoms with Gasteiger partial charge in [-0.1, -0.05) is 37.3 Å². The second kappa shape index (κ2) is 11.8. The molecule has 0 spiro atoms. The molecule has 2 aromatic carbocycles. The van der Waals surface area contributed by atoms with E-state index >= 15 is 0 Å². The van der Waals surface area contributed by atoms with Crippen LogP contribution < -0.4 is 4.90 Å². The third kappa shape index (κ3) is 6.38. The number of fused-ring (bicyclic) bond motifs is 1. The predicted octanol–water partition coefficient (Wildman–Crippen LogP) is 5.16. The zero-order chi connectivity index (χ0) is 23.9. The molecule has 0 aliphatic carbocycles. The second-order valence-corrected chi connectivity index (χ2v) is 10.0. The van der Waals surface area contributed by atoms with Crippen LogP contribution >= 0.6 is 0 Å². The number of piperidine rings is 2. The molecule has 3 aliphatic heterocycles. The third-order valence-electron chi connectivity index (χ3n) is 7.84. The SMILES string of the molecule is CCN1CCC(N2CCc3ccc(CC4CCN(C(C)=O)CC4)cc32)CC1.Fc1ccccc1. The van der Waals surface area contributed by atoms with Crippen molar-refractivity contribution >= 4 is 11.6 Å². The maximum Gasteiger partial charge on any atom is 0.219 e. The summed E-state index contributed by atoms with van der Waals surface area (Å²) in [4.78, 5) is 18.8. The standard InChI is InChI=1S/C23H35N3O.C6H5F/c1-3-24-11-9-22(10-12-24)26-15-8-21-5-4-20(17-23(21)26)16-19-6-13-25(14-7-19)18(2)27;7-6-4-2-1-3-5-6/h4-5,17,19,22H,3,6-16H2,1-2H3;1-5H. The zero-order valence-corrected chi connectivity index (χ0v) is 20.9. The summed E-state index contributed by atoms with van der Waals surface area (Å²) in [6, 6.07) is 15.9. The smallest absolute Gasteiger partial charge is 0.219 e. The number of carbonyl (C=O) groups is 1. The Balaban J connectivity index is 0.000000336. The number of halogens is 1. The number of hydrogen-bond acceptors (Lipinski definition) is 3. The summed E-state index contributed by atoms with van der Waals surface area (Å²) in [5, 5.41) is 0. The molecular formula is C29H40FN3O. The van der Waals surface area contributed by atoms with E-state index in [1.165, 1.54) is 75.2 Å². The summed E-state index contributed by atoms with van der Waals surface area (Å²) < 4.78 is 11.9. The first kappa shape index (κ1) is 24.7. The summed E-state index contributed by atoms with van der Waals surface area (Å²) >= 11 is 0. The van der Waals surface area contributed by atoms with Crippen molar-refractivity contribution in [2.75, 3.05) is 44.2 Å². The molecule has 2 fully saturated rings. The first-order valence-electron chi connectivity index (χ1n) is 13.1. The van der Waals surface area contributed by atoms with Crippen LogP contribution in [-0.2, 0) is 17.6 Å². The molecule has 3 heterocycles. The van der Waals surface area contributed by atoms with Gasteiger partial charge in [-0.3, -0.25) is 4.79 Å². The van der Waals surface area contributed by atoms with Crippen molar-refractivity contribution in [1.82, 2.24) is 9.80 Å². The lowest BCUT2D eigenvalue weighted by Gasteiger charge is -2.38. The van der Waals surface area contributed by atoms with Gasteiger partial charge in [0.05, 0.1) is 0 Å². The topological polar surface area (TPSA) is 26.8 Å². The van der Waals surface area contributed by atoms with Crippen molar-refractivity contribution in [3.63, 3.8) is 0 Å². The van der Waals surface area contributed by atoms with Gasteiger partial charge < -0.3 is 14.7 Å². The molecule has 0 atom stereocenters. The minimum Gasteiger partial charge on any atom is -0.368 e. The fraction of sp³-hybridized carbons (Fsp3) is 0.552. The minimum atomic E-state index is -0.178. The lowest BCUT2D eigenvalue weighted by Crippen LogP contribution is -2.44. The summed E-state index contributed by atoms with van der Waals surface area (Å²) in [7, 11) is 0. The average Bonchev–Trinajstić information content (AvgIpc) is 3.28. The Bertz CT molecular complexity index is 918. The Kier molecular flexibility index (Phi) is 8.60. The number of anilines is 1. The minimum absolute atomic E-state index is 0.178. The van der Waals surface area contributed by atoms with Crippen LogP contribution in [0.4, 0.5) is 10.1 Å². The quantitative estimate of drug-likeness (QED) is 0.624. The highest BCUT2D eigenvalue weighted by Gasteiger charge is 2.29. The third-order valence-corrected chi connectivity index (χ3v) is 7.84. The van der Waals surface area contributed by atoms with Crippen molar-refractivity contribution in [3.05, 3.63) is 65.5 Å². The van der Waals surface area contributed by atoms with Gasteiger partial charge in [-0.25, -0.2) is 4.39 Å². The molecule has 0 bridgehead atoms. The highest BCUT2D eigenvalue weighted by atomic mass is 19.1. The molecule has 2 saturated heterocycles. The van der Waals surface area contributed by atoms with Crippen LogP contribution in [0.15, 0.2) is 48.5 Å². The molecule has 184 valence electrons. The maximum absolute atomic E-state index is 11.9. The van der Waals surface area contributed by atoms with Crippen LogP contribution in [0.1, 0.15) is 50.7 Å². The van der Waals surface area contributed by atoms with E-state index in [2.05, 4.69) is 34.9 Å². The molecule has 4 nitrogen and oxygen atoms in total. The van der Waals surface area contributed by atoms with Gasteiger partial charge >= 0.3 is 0 Å². The molecule has 5 rings (SSSR count). The molecule has 0 N–H and O–H groups in total. The molecule has 3 aliphatic rings. The highest BCUT2D eigenvalue weighted by Crippen LogP contribution is 2.34. The van der Waals surface area contributed by atoms with Crippen LogP contribution in [0.3, 0.4) is 0 Å². The van der Waals surface area contributed by atoms with Crippen LogP contribution in [-0.4, -0.2) is 61.0 Å². The maximum atomic E-state index is 11.9. The second-order valence-electron chi connectivity index (χ2n) is 10.0. The lowest BCUT2D eigenvalue weighted by atomic mass is 9.89. The molecule has 34 heavy (non-hydrogen) atoms. The van der Waals surface area contributed by atoms with Gasteiger partial charge in [-0.05, 0) is 80.3 Å². The molecule has 1 amide bonds. The summed E-state index contributed by atoms with van der Waals surface area (Å²) in [6.45, 7) is 10.7. The van der Waals surface area contributed by atoms with Gasteiger partial charge in [-0.15, -0.1) is 0 Å². The van der Waals surface area contributed by atoms with E-state index in [-0.39, 0.29) is 11.7 Å². The largest absolute Gasteiger partial charge is 0.368 e.